The summed E-state index contributed by atoms with van der Waals surface area (Å²) >= 11 is 1.49. The Morgan fingerprint density at radius 3 is 2.81 bits per heavy atom. The fourth-order valence-corrected chi connectivity index (χ4v) is 2.65. The van der Waals surface area contributed by atoms with Crippen LogP contribution in [-0.4, -0.2) is 17.9 Å². The molecule has 0 N–H and O–H groups in total. The van der Waals surface area contributed by atoms with Crippen LogP contribution < -0.4 is 4.90 Å². The van der Waals surface area contributed by atoms with Gasteiger partial charge >= 0.3 is 0 Å². The first-order chi connectivity index (χ1) is 10.1. The van der Waals surface area contributed by atoms with E-state index in [0.717, 1.165) is 5.69 Å². The summed E-state index contributed by atoms with van der Waals surface area (Å²) in [5.74, 6) is -0.147. The number of furan rings is 1. The zero-order valence-electron chi connectivity index (χ0n) is 11.0. The standard InChI is InChI=1S/C14H10N2O4S/c1-15(11-4-5-21-8-11)14(17)13-7-9-6-10(16(18)19)2-3-12(9)20-13/h2-8H,1H3. The van der Waals surface area contributed by atoms with Crippen molar-refractivity contribution in [3.63, 3.8) is 0 Å². The molecule has 0 radical (unpaired) electrons. The summed E-state index contributed by atoms with van der Waals surface area (Å²) in [6.07, 6.45) is 0. The fraction of sp³-hybridized carbons (Fsp3) is 0.0714. The van der Waals surface area contributed by atoms with Gasteiger partial charge in [0.2, 0.25) is 0 Å². The highest BCUT2D eigenvalue weighted by Crippen LogP contribution is 2.26. The van der Waals surface area contributed by atoms with Gasteiger partial charge in [-0.3, -0.25) is 14.9 Å². The fourth-order valence-electron chi connectivity index (χ4n) is 1.98. The average Bonchev–Trinajstić information content (AvgIpc) is 3.13. The summed E-state index contributed by atoms with van der Waals surface area (Å²) in [7, 11) is 1.65. The minimum atomic E-state index is -0.481. The molecule has 0 aliphatic carbocycles. The molecule has 2 heterocycles. The van der Waals surface area contributed by atoms with Crippen molar-refractivity contribution in [3.05, 3.63) is 57.0 Å². The predicted octanol–water partition coefficient (Wildman–Crippen LogP) is 3.68. The summed E-state index contributed by atoms with van der Waals surface area (Å²) in [4.78, 5) is 24.1. The summed E-state index contributed by atoms with van der Waals surface area (Å²) in [6, 6.07) is 7.58. The molecule has 0 saturated heterocycles. The quantitative estimate of drug-likeness (QED) is 0.546. The van der Waals surface area contributed by atoms with Crippen LogP contribution in [0.4, 0.5) is 11.4 Å². The van der Waals surface area contributed by atoms with E-state index in [2.05, 4.69) is 0 Å². The molecule has 0 atom stereocenters. The smallest absolute Gasteiger partial charge is 0.293 e. The molecule has 0 bridgehead atoms. The zero-order valence-corrected chi connectivity index (χ0v) is 11.8. The maximum atomic E-state index is 12.3. The number of nitrogens with zero attached hydrogens (tertiary/aromatic N) is 2. The Balaban J connectivity index is 1.97. The number of nitro benzene ring substituents is 1. The summed E-state index contributed by atoms with van der Waals surface area (Å²) < 4.78 is 5.47. The molecule has 1 amide bonds. The minimum absolute atomic E-state index is 0.0338. The molecule has 21 heavy (non-hydrogen) atoms. The lowest BCUT2D eigenvalue weighted by Gasteiger charge is -2.13. The number of fused-ring (bicyclic) bond motifs is 1. The number of non-ortho nitro benzene ring substituents is 1. The minimum Gasteiger partial charge on any atom is -0.451 e. The second kappa shape index (κ2) is 5.02. The van der Waals surface area contributed by atoms with Crippen molar-refractivity contribution >= 4 is 39.6 Å². The van der Waals surface area contributed by atoms with Gasteiger partial charge in [-0.15, -0.1) is 0 Å². The van der Waals surface area contributed by atoms with Crippen molar-refractivity contribution in [1.82, 2.24) is 0 Å². The number of benzene rings is 1. The third-order valence-corrected chi connectivity index (χ3v) is 3.79. The maximum absolute atomic E-state index is 12.3. The van der Waals surface area contributed by atoms with Crippen LogP contribution >= 0.6 is 11.3 Å². The Morgan fingerprint density at radius 1 is 1.33 bits per heavy atom. The van der Waals surface area contributed by atoms with Crippen LogP contribution in [0.3, 0.4) is 0 Å². The normalized spacial score (nSPS) is 10.7. The SMILES string of the molecule is CN(C(=O)c1cc2cc([N+](=O)[O-])ccc2o1)c1ccsc1. The number of anilines is 1. The summed E-state index contributed by atoms with van der Waals surface area (Å²) in [6.45, 7) is 0. The first kappa shape index (κ1) is 13.3. The highest BCUT2D eigenvalue weighted by molar-refractivity contribution is 7.08. The van der Waals surface area contributed by atoms with Crippen LogP contribution in [0.1, 0.15) is 10.6 Å². The van der Waals surface area contributed by atoms with E-state index in [1.165, 1.54) is 40.5 Å². The number of carbonyl (C=O) groups excluding carboxylic acids is 1. The van der Waals surface area contributed by atoms with Gasteiger partial charge in [0.15, 0.2) is 5.76 Å². The molecule has 0 saturated carbocycles. The Bertz CT molecular complexity index is 823. The van der Waals surface area contributed by atoms with Crippen LogP contribution in [0.2, 0.25) is 0 Å². The van der Waals surface area contributed by atoms with Gasteiger partial charge in [-0.25, -0.2) is 0 Å². The second-order valence-corrected chi connectivity index (χ2v) is 5.22. The third-order valence-electron chi connectivity index (χ3n) is 3.12. The van der Waals surface area contributed by atoms with Crippen molar-refractivity contribution < 1.29 is 14.1 Å². The van der Waals surface area contributed by atoms with Crippen LogP contribution in [-0.2, 0) is 0 Å². The molecule has 3 aromatic rings. The first-order valence-corrected chi connectivity index (χ1v) is 6.99. The molecule has 0 aliphatic rings. The van der Waals surface area contributed by atoms with Crippen LogP contribution in [0.15, 0.2) is 45.5 Å². The van der Waals surface area contributed by atoms with Gasteiger partial charge in [0.25, 0.3) is 11.6 Å². The van der Waals surface area contributed by atoms with Crippen LogP contribution in [0.5, 0.6) is 0 Å². The third kappa shape index (κ3) is 2.38. The van der Waals surface area contributed by atoms with E-state index < -0.39 is 4.92 Å². The molecule has 3 rings (SSSR count). The Labute approximate surface area is 123 Å². The number of nitro groups is 1. The monoisotopic (exact) mass is 302 g/mol. The van der Waals surface area contributed by atoms with Crippen molar-refractivity contribution in [2.24, 2.45) is 0 Å². The molecule has 0 unspecified atom stereocenters. The Kier molecular flexibility index (Phi) is 3.19. The number of thiophene rings is 1. The van der Waals surface area contributed by atoms with E-state index >= 15 is 0 Å². The van der Waals surface area contributed by atoms with E-state index in [1.54, 1.807) is 7.05 Å². The number of amides is 1. The molecule has 2 aromatic heterocycles. The summed E-state index contributed by atoms with van der Waals surface area (Å²) in [5.41, 5.74) is 1.19. The lowest BCUT2D eigenvalue weighted by Crippen LogP contribution is -2.25. The van der Waals surface area contributed by atoms with Crippen LogP contribution in [0, 0.1) is 10.1 Å². The van der Waals surface area contributed by atoms with Gasteiger partial charge in [0.1, 0.15) is 5.58 Å². The molecule has 7 heteroatoms. The van der Waals surface area contributed by atoms with Crippen molar-refractivity contribution in [1.29, 1.82) is 0 Å². The van der Waals surface area contributed by atoms with E-state index in [9.17, 15) is 14.9 Å². The van der Waals surface area contributed by atoms with Crippen molar-refractivity contribution in [3.8, 4) is 0 Å². The molecule has 0 aliphatic heterocycles. The lowest BCUT2D eigenvalue weighted by atomic mass is 10.2. The van der Waals surface area contributed by atoms with E-state index in [-0.39, 0.29) is 17.4 Å². The Morgan fingerprint density at radius 2 is 2.14 bits per heavy atom. The molecule has 106 valence electrons. The van der Waals surface area contributed by atoms with E-state index in [0.29, 0.717) is 11.0 Å². The molecule has 6 nitrogen and oxygen atoms in total. The van der Waals surface area contributed by atoms with Crippen molar-refractivity contribution in [2.45, 2.75) is 0 Å². The summed E-state index contributed by atoms with van der Waals surface area (Å²) in [5, 5.41) is 15.0. The van der Waals surface area contributed by atoms with Crippen molar-refractivity contribution in [2.75, 3.05) is 11.9 Å². The average molecular weight is 302 g/mol. The van der Waals surface area contributed by atoms with Gasteiger partial charge in [-0.1, -0.05) is 0 Å². The van der Waals surface area contributed by atoms with Gasteiger partial charge in [-0.2, -0.15) is 11.3 Å². The number of hydrogen-bond acceptors (Lipinski definition) is 5. The van der Waals surface area contributed by atoms with Gasteiger partial charge in [0.05, 0.1) is 10.6 Å². The highest BCUT2D eigenvalue weighted by atomic mass is 32.1. The topological polar surface area (TPSA) is 76.6 Å². The molecule has 0 spiro atoms. The predicted molar refractivity (Wildman–Crippen MR) is 79.9 cm³/mol. The van der Waals surface area contributed by atoms with E-state index in [4.69, 9.17) is 4.42 Å². The number of carbonyl (C=O) groups is 1. The van der Waals surface area contributed by atoms with Gasteiger partial charge in [-0.05, 0) is 23.6 Å². The largest absolute Gasteiger partial charge is 0.451 e. The molecular weight excluding hydrogens is 292 g/mol. The second-order valence-electron chi connectivity index (χ2n) is 4.44. The Hall–Kier alpha value is -2.67. The van der Waals surface area contributed by atoms with Gasteiger partial charge < -0.3 is 9.32 Å². The van der Waals surface area contributed by atoms with Crippen LogP contribution in [0.25, 0.3) is 11.0 Å². The van der Waals surface area contributed by atoms with E-state index in [1.807, 2.05) is 16.8 Å². The number of rotatable bonds is 3. The van der Waals surface area contributed by atoms with Gasteiger partial charge in [0, 0.05) is 29.9 Å². The highest BCUT2D eigenvalue weighted by Gasteiger charge is 2.19. The number of hydrogen-bond donors (Lipinski definition) is 0. The zero-order chi connectivity index (χ0) is 15.0. The molecule has 0 fully saturated rings. The molecule has 1 aromatic carbocycles. The first-order valence-electron chi connectivity index (χ1n) is 6.04. The molecular formula is C14H10N2O4S. The lowest BCUT2D eigenvalue weighted by molar-refractivity contribution is -0.384. The maximum Gasteiger partial charge on any atom is 0.293 e.